The maximum Gasteiger partial charge on any atom is 0.263 e. The third-order valence-electron chi connectivity index (χ3n) is 3.88. The summed E-state index contributed by atoms with van der Waals surface area (Å²) in [6.07, 6.45) is 2.41. The van der Waals surface area contributed by atoms with Gasteiger partial charge in [0.1, 0.15) is 5.56 Å². The van der Waals surface area contributed by atoms with Gasteiger partial charge in [-0.15, -0.1) is 0 Å². The van der Waals surface area contributed by atoms with Crippen molar-refractivity contribution in [2.75, 3.05) is 0 Å². The summed E-state index contributed by atoms with van der Waals surface area (Å²) < 4.78 is 1.41. The summed E-state index contributed by atoms with van der Waals surface area (Å²) in [6, 6.07) is 9.35. The molecule has 2 aromatic rings. The van der Waals surface area contributed by atoms with E-state index >= 15 is 0 Å². The summed E-state index contributed by atoms with van der Waals surface area (Å²) in [6.45, 7) is 6.11. The summed E-state index contributed by atoms with van der Waals surface area (Å²) in [5, 5.41) is 2.98. The number of nitrogens with one attached hydrogen (secondary N) is 1. The predicted molar refractivity (Wildman–Crippen MR) is 88.1 cm³/mol. The summed E-state index contributed by atoms with van der Waals surface area (Å²) in [4.78, 5) is 24.4. The molecule has 0 aliphatic rings. The first kappa shape index (κ1) is 16.0. The molecule has 0 radical (unpaired) electrons. The Kier molecular flexibility index (Phi) is 4.81. The molecule has 4 heteroatoms. The number of hydrogen-bond acceptors (Lipinski definition) is 2. The Balaban J connectivity index is 2.28. The third kappa shape index (κ3) is 3.27. The highest BCUT2D eigenvalue weighted by atomic mass is 16.2. The zero-order valence-electron chi connectivity index (χ0n) is 13.5. The lowest BCUT2D eigenvalue weighted by Gasteiger charge is -2.20. The normalized spacial score (nSPS) is 12.0. The van der Waals surface area contributed by atoms with Crippen LogP contribution >= 0.6 is 0 Å². The quantitative estimate of drug-likeness (QED) is 0.943. The minimum Gasteiger partial charge on any atom is -0.345 e. The highest BCUT2D eigenvalue weighted by molar-refractivity contribution is 5.94. The van der Waals surface area contributed by atoms with E-state index < -0.39 is 0 Å². The van der Waals surface area contributed by atoms with Crippen molar-refractivity contribution in [2.45, 2.75) is 33.2 Å². The number of benzene rings is 1. The topological polar surface area (TPSA) is 51.1 Å². The molecule has 0 unspecified atom stereocenters. The fraction of sp³-hybridized carbons (Fsp3) is 0.333. The van der Waals surface area contributed by atoms with Crippen LogP contribution in [0.1, 0.15) is 46.4 Å². The van der Waals surface area contributed by atoms with E-state index in [9.17, 15) is 9.59 Å². The van der Waals surface area contributed by atoms with Crippen LogP contribution < -0.4 is 10.9 Å². The van der Waals surface area contributed by atoms with E-state index in [0.717, 1.165) is 17.5 Å². The number of carbonyl (C=O) groups is 1. The van der Waals surface area contributed by atoms with Crippen molar-refractivity contribution in [1.82, 2.24) is 9.88 Å². The van der Waals surface area contributed by atoms with Gasteiger partial charge in [0.15, 0.2) is 0 Å². The van der Waals surface area contributed by atoms with E-state index in [4.69, 9.17) is 0 Å². The molecule has 1 atom stereocenters. The molecular formula is C18H22N2O2. The van der Waals surface area contributed by atoms with Crippen molar-refractivity contribution in [2.24, 2.45) is 7.05 Å². The molecule has 116 valence electrons. The van der Waals surface area contributed by atoms with Crippen LogP contribution in [0.15, 0.2) is 41.3 Å². The molecule has 0 saturated heterocycles. The van der Waals surface area contributed by atoms with Gasteiger partial charge in [-0.25, -0.2) is 0 Å². The van der Waals surface area contributed by atoms with Crippen molar-refractivity contribution >= 4 is 5.91 Å². The first-order chi connectivity index (χ1) is 10.4. The Morgan fingerprint density at radius 1 is 1.27 bits per heavy atom. The molecule has 1 aromatic carbocycles. The van der Waals surface area contributed by atoms with Crippen molar-refractivity contribution in [3.63, 3.8) is 0 Å². The highest BCUT2D eigenvalue weighted by Gasteiger charge is 2.18. The van der Waals surface area contributed by atoms with Gasteiger partial charge in [-0.3, -0.25) is 9.59 Å². The van der Waals surface area contributed by atoms with E-state index in [1.165, 1.54) is 10.1 Å². The van der Waals surface area contributed by atoms with Gasteiger partial charge < -0.3 is 9.88 Å². The molecule has 0 bridgehead atoms. The smallest absolute Gasteiger partial charge is 0.263 e. The van der Waals surface area contributed by atoms with Crippen LogP contribution in [0.3, 0.4) is 0 Å². The van der Waals surface area contributed by atoms with E-state index in [1.807, 2.05) is 32.9 Å². The molecule has 0 aliphatic carbocycles. The fourth-order valence-corrected chi connectivity index (χ4v) is 2.62. The van der Waals surface area contributed by atoms with Gasteiger partial charge in [-0.2, -0.15) is 0 Å². The van der Waals surface area contributed by atoms with Crippen LogP contribution in [0.5, 0.6) is 0 Å². The second-order valence-corrected chi connectivity index (χ2v) is 5.63. The molecular weight excluding hydrogens is 276 g/mol. The highest BCUT2D eigenvalue weighted by Crippen LogP contribution is 2.21. The molecule has 1 N–H and O–H groups in total. The molecule has 0 spiro atoms. The van der Waals surface area contributed by atoms with Crippen molar-refractivity contribution < 1.29 is 4.79 Å². The summed E-state index contributed by atoms with van der Waals surface area (Å²) in [5.74, 6) is -0.326. The van der Waals surface area contributed by atoms with Crippen LogP contribution in [0.25, 0.3) is 0 Å². The van der Waals surface area contributed by atoms with Crippen molar-refractivity contribution in [3.05, 3.63) is 69.1 Å². The van der Waals surface area contributed by atoms with Gasteiger partial charge in [-0.05, 0) is 43.5 Å². The van der Waals surface area contributed by atoms with Crippen molar-refractivity contribution in [1.29, 1.82) is 0 Å². The van der Waals surface area contributed by atoms with Crippen LogP contribution in [0, 0.1) is 13.8 Å². The second kappa shape index (κ2) is 6.60. The Bertz CT molecular complexity index is 747. The van der Waals surface area contributed by atoms with E-state index in [0.29, 0.717) is 0 Å². The number of hydrogen-bond donors (Lipinski definition) is 1. The number of pyridine rings is 1. The van der Waals surface area contributed by atoms with E-state index in [2.05, 4.69) is 11.4 Å². The molecule has 1 aromatic heterocycles. The monoisotopic (exact) mass is 298 g/mol. The lowest BCUT2D eigenvalue weighted by Crippen LogP contribution is -2.34. The Morgan fingerprint density at radius 2 is 2.00 bits per heavy atom. The van der Waals surface area contributed by atoms with Crippen LogP contribution in [0.4, 0.5) is 0 Å². The molecule has 0 fully saturated rings. The fourth-order valence-electron chi connectivity index (χ4n) is 2.62. The second-order valence-electron chi connectivity index (χ2n) is 5.63. The van der Waals surface area contributed by atoms with Gasteiger partial charge >= 0.3 is 0 Å². The zero-order chi connectivity index (χ0) is 16.3. The zero-order valence-corrected chi connectivity index (χ0v) is 13.5. The molecule has 0 aliphatic heterocycles. The van der Waals surface area contributed by atoms with E-state index in [-0.39, 0.29) is 23.1 Å². The summed E-state index contributed by atoms with van der Waals surface area (Å²) in [7, 11) is 1.64. The van der Waals surface area contributed by atoms with Gasteiger partial charge in [0.2, 0.25) is 0 Å². The number of carbonyl (C=O) groups excluding carboxylic acids is 1. The van der Waals surface area contributed by atoms with Crippen LogP contribution in [-0.4, -0.2) is 10.5 Å². The number of rotatable bonds is 4. The molecule has 22 heavy (non-hydrogen) atoms. The first-order valence-electron chi connectivity index (χ1n) is 7.47. The minimum absolute atomic E-state index is 0.0991. The minimum atomic E-state index is -0.326. The molecule has 2 rings (SSSR count). The van der Waals surface area contributed by atoms with Crippen LogP contribution in [0.2, 0.25) is 0 Å². The number of aromatic nitrogens is 1. The summed E-state index contributed by atoms with van der Waals surface area (Å²) >= 11 is 0. The number of nitrogens with zero attached hydrogens (tertiary/aromatic N) is 1. The van der Waals surface area contributed by atoms with Crippen molar-refractivity contribution in [3.8, 4) is 0 Å². The van der Waals surface area contributed by atoms with Gasteiger partial charge in [-0.1, -0.05) is 30.7 Å². The average molecular weight is 298 g/mol. The largest absolute Gasteiger partial charge is 0.345 e. The number of amides is 1. The summed E-state index contributed by atoms with van der Waals surface area (Å²) in [5.41, 5.74) is 3.32. The Hall–Kier alpha value is -2.36. The molecule has 1 heterocycles. The maximum atomic E-state index is 12.4. The Labute approximate surface area is 130 Å². The van der Waals surface area contributed by atoms with Gasteiger partial charge in [0.25, 0.3) is 11.5 Å². The molecule has 1 amide bonds. The molecule has 4 nitrogen and oxygen atoms in total. The first-order valence-corrected chi connectivity index (χ1v) is 7.47. The third-order valence-corrected chi connectivity index (χ3v) is 3.88. The molecule has 0 saturated carbocycles. The van der Waals surface area contributed by atoms with Gasteiger partial charge in [0, 0.05) is 13.2 Å². The average Bonchev–Trinajstić information content (AvgIpc) is 2.48. The lowest BCUT2D eigenvalue weighted by atomic mass is 9.97. The SMILES string of the molecule is CC[C@H](NC(=O)c1cccn(C)c1=O)c1ccc(C)cc1C. The number of aryl methyl sites for hydroxylation is 3. The van der Waals surface area contributed by atoms with E-state index in [1.54, 1.807) is 25.4 Å². The van der Waals surface area contributed by atoms with Crippen LogP contribution in [-0.2, 0) is 7.05 Å². The standard InChI is InChI=1S/C18H22N2O2/c1-5-16(14-9-8-12(2)11-13(14)3)19-17(21)15-7-6-10-20(4)18(15)22/h6-11,16H,5H2,1-4H3,(H,19,21)/t16-/m0/s1. The predicted octanol–water partition coefficient (Wildman–Crippen LogP) is 2.88. The maximum absolute atomic E-state index is 12.4. The van der Waals surface area contributed by atoms with Gasteiger partial charge in [0.05, 0.1) is 6.04 Å². The lowest BCUT2D eigenvalue weighted by molar-refractivity contribution is 0.0933. The Morgan fingerprint density at radius 3 is 2.64 bits per heavy atom.